The van der Waals surface area contributed by atoms with Gasteiger partial charge in [-0.15, -0.1) is 13.2 Å². The molecule has 254 valence electrons. The van der Waals surface area contributed by atoms with Crippen molar-refractivity contribution in [3.8, 4) is 6.19 Å². The number of hydrogen-bond acceptors (Lipinski definition) is 6. The van der Waals surface area contributed by atoms with E-state index in [0.717, 1.165) is 6.20 Å². The number of halogens is 11. The molecule has 0 radical (unpaired) electrons. The molecule has 1 aliphatic heterocycles. The minimum atomic E-state index is -10.3. The van der Waals surface area contributed by atoms with E-state index in [1.165, 1.54) is 6.19 Å². The third-order valence-electron chi connectivity index (χ3n) is 7.39. The Morgan fingerprint density at radius 1 is 1.09 bits per heavy atom. The van der Waals surface area contributed by atoms with E-state index in [2.05, 4.69) is 15.0 Å². The molecule has 2 amide bonds. The zero-order chi connectivity index (χ0) is 34.4. The Hall–Kier alpha value is -3.86. The number of nitriles is 1. The minimum absolute atomic E-state index is 0.0918. The molecule has 1 aliphatic carbocycles. The first-order valence-corrected chi connectivity index (χ1v) is 15.3. The van der Waals surface area contributed by atoms with Crippen LogP contribution in [0.3, 0.4) is 0 Å². The van der Waals surface area contributed by atoms with Gasteiger partial charge in [0.05, 0.1) is 18.8 Å². The summed E-state index contributed by atoms with van der Waals surface area (Å²) in [7, 11) is -10.3. The summed E-state index contributed by atoms with van der Waals surface area (Å²) in [6.07, 6.45) is -6.53. The van der Waals surface area contributed by atoms with Gasteiger partial charge in [-0.2, -0.15) is 5.26 Å². The van der Waals surface area contributed by atoms with Crippen molar-refractivity contribution in [3.05, 3.63) is 54.1 Å². The number of amides is 2. The van der Waals surface area contributed by atoms with Crippen LogP contribution in [-0.4, -0.2) is 58.7 Å². The highest BCUT2D eigenvalue weighted by molar-refractivity contribution is 8.45. The Kier molecular flexibility index (Phi) is 8.70. The summed E-state index contributed by atoms with van der Waals surface area (Å²) < 4.78 is 152. The predicted molar refractivity (Wildman–Crippen MR) is 139 cm³/mol. The van der Waals surface area contributed by atoms with E-state index in [-0.39, 0.29) is 25.0 Å². The number of carbonyl (C=O) groups is 2. The number of ether oxygens (including phenoxy) is 1. The molecular formula is C26H24F11N5O3S. The molecule has 4 rings (SSSR count). The molecule has 2 aliphatic rings. The first kappa shape index (κ1) is 35.0. The van der Waals surface area contributed by atoms with E-state index in [1.807, 2.05) is 0 Å². The number of nitrogens with zero attached hydrogens (tertiary/aromatic N) is 4. The predicted octanol–water partition coefficient (Wildman–Crippen LogP) is 7.11. The number of likely N-dealkylation sites (tertiary alicyclic amines) is 1. The molecule has 0 spiro atoms. The topological polar surface area (TPSA) is 98.6 Å². The van der Waals surface area contributed by atoms with Crippen LogP contribution >= 0.6 is 10.2 Å². The number of hydrogen-bond donors (Lipinski definition) is 1. The first-order chi connectivity index (χ1) is 21.0. The Bertz CT molecular complexity index is 1510. The van der Waals surface area contributed by atoms with Crippen LogP contribution in [0.25, 0.3) is 0 Å². The highest BCUT2D eigenvalue weighted by atomic mass is 32.5. The average Bonchev–Trinajstić information content (AvgIpc) is 3.32. The normalized spacial score (nSPS) is 22.7. The number of carbonyl (C=O) groups excluding carboxylic acids is 2. The van der Waals surface area contributed by atoms with E-state index >= 15 is 0 Å². The zero-order valence-corrected chi connectivity index (χ0v) is 24.0. The highest BCUT2D eigenvalue weighted by Gasteiger charge is 2.65. The first-order valence-electron chi connectivity index (χ1n) is 13.3. The van der Waals surface area contributed by atoms with Crippen LogP contribution in [0.2, 0.25) is 0 Å². The van der Waals surface area contributed by atoms with Gasteiger partial charge in [-0.05, 0) is 43.2 Å². The van der Waals surface area contributed by atoms with Gasteiger partial charge in [0.2, 0.25) is 11.8 Å². The number of aromatic nitrogens is 1. The molecule has 46 heavy (non-hydrogen) atoms. The standard InChI is InChI=1S/C26H24F11N5O3S/c27-16-9-15(11-39-12-16)22(23(43)40-17-5-7-25(28,29)8-6-17)42(18-1-3-20(4-2-18)46(33,34,35,36)37)24(44)21-10-19(13-41(21)14-38)45-26(30,31)32/h1-4,9,11-12,17,19,21-22H,5-8,10,13H2,(H,40,43). The van der Waals surface area contributed by atoms with Crippen LogP contribution in [0.15, 0.2) is 47.6 Å². The average molecular weight is 696 g/mol. The number of pyridine rings is 1. The van der Waals surface area contributed by atoms with Crippen LogP contribution in [0.1, 0.15) is 43.7 Å². The maximum atomic E-state index is 14.3. The van der Waals surface area contributed by atoms with E-state index in [9.17, 15) is 60.6 Å². The van der Waals surface area contributed by atoms with Crippen molar-refractivity contribution >= 4 is 27.7 Å². The monoisotopic (exact) mass is 695 g/mol. The van der Waals surface area contributed by atoms with Crippen molar-refractivity contribution in [2.45, 2.75) is 73.5 Å². The van der Waals surface area contributed by atoms with Crippen LogP contribution in [0.5, 0.6) is 0 Å². The van der Waals surface area contributed by atoms with Crippen LogP contribution in [-0.2, 0) is 14.3 Å². The fourth-order valence-corrected chi connectivity index (χ4v) is 5.95. The number of nitrogens with one attached hydrogen (secondary N) is 1. The Balaban J connectivity index is 1.82. The number of rotatable bonds is 8. The van der Waals surface area contributed by atoms with E-state index in [0.29, 0.717) is 34.2 Å². The third-order valence-corrected chi connectivity index (χ3v) is 8.55. The van der Waals surface area contributed by atoms with Gasteiger partial charge in [-0.1, -0.05) is 19.4 Å². The molecule has 1 aromatic heterocycles. The molecule has 3 atom stereocenters. The Morgan fingerprint density at radius 2 is 1.70 bits per heavy atom. The van der Waals surface area contributed by atoms with Crippen molar-refractivity contribution in [1.82, 2.24) is 15.2 Å². The molecule has 20 heteroatoms. The largest absolute Gasteiger partial charge is 0.522 e. The SMILES string of the molecule is N#CN1CC(OC(F)(F)F)CC1C(=O)N(c1ccc(S(F)(F)(F)(F)F)cc1)C(C(=O)NC1CCC(F)(F)CC1)c1cncc(F)c1. The summed E-state index contributed by atoms with van der Waals surface area (Å²) in [6, 6.07) is -3.57. The van der Waals surface area contributed by atoms with E-state index < -0.39 is 106 Å². The minimum Gasteiger partial charge on any atom is -0.351 e. The number of alkyl halides is 5. The second kappa shape index (κ2) is 11.4. The molecule has 1 aromatic carbocycles. The van der Waals surface area contributed by atoms with Gasteiger partial charge in [0.15, 0.2) is 6.19 Å². The van der Waals surface area contributed by atoms with Crippen molar-refractivity contribution in [2.24, 2.45) is 0 Å². The van der Waals surface area contributed by atoms with Gasteiger partial charge < -0.3 is 5.32 Å². The van der Waals surface area contributed by atoms with Crippen molar-refractivity contribution in [3.63, 3.8) is 0 Å². The molecule has 0 bridgehead atoms. The van der Waals surface area contributed by atoms with E-state index in [1.54, 1.807) is 0 Å². The molecule has 8 nitrogen and oxygen atoms in total. The lowest BCUT2D eigenvalue weighted by molar-refractivity contribution is -0.340. The Labute approximate surface area is 253 Å². The lowest BCUT2D eigenvalue weighted by Crippen LogP contribution is -2.52. The van der Waals surface area contributed by atoms with Gasteiger partial charge in [0, 0.05) is 42.8 Å². The second-order valence-corrected chi connectivity index (χ2v) is 13.2. The van der Waals surface area contributed by atoms with Gasteiger partial charge >= 0.3 is 16.6 Å². The summed E-state index contributed by atoms with van der Waals surface area (Å²) >= 11 is 0. The van der Waals surface area contributed by atoms with Crippen molar-refractivity contribution in [1.29, 1.82) is 5.26 Å². The lowest BCUT2D eigenvalue weighted by atomic mass is 9.91. The van der Waals surface area contributed by atoms with Crippen LogP contribution in [0.4, 0.5) is 51.5 Å². The maximum Gasteiger partial charge on any atom is 0.522 e. The number of anilines is 1. The summed E-state index contributed by atoms with van der Waals surface area (Å²) in [4.78, 5) is 30.0. The highest BCUT2D eigenvalue weighted by Crippen LogP contribution is 3.02. The van der Waals surface area contributed by atoms with E-state index in [4.69, 9.17) is 0 Å². The molecule has 2 fully saturated rings. The molecular weight excluding hydrogens is 671 g/mol. The van der Waals surface area contributed by atoms with Gasteiger partial charge in [-0.25, -0.2) is 13.2 Å². The van der Waals surface area contributed by atoms with Crippen LogP contribution in [0, 0.1) is 17.3 Å². The Morgan fingerprint density at radius 3 is 2.22 bits per heavy atom. The lowest BCUT2D eigenvalue weighted by Gasteiger charge is -2.41. The molecule has 1 saturated carbocycles. The summed E-state index contributed by atoms with van der Waals surface area (Å²) in [5, 5.41) is 12.0. The third kappa shape index (κ3) is 8.48. The van der Waals surface area contributed by atoms with Gasteiger partial charge in [0.25, 0.3) is 5.91 Å². The molecule has 1 saturated heterocycles. The quantitative estimate of drug-likeness (QED) is 0.234. The summed E-state index contributed by atoms with van der Waals surface area (Å²) in [5.74, 6) is -6.68. The van der Waals surface area contributed by atoms with Crippen molar-refractivity contribution in [2.75, 3.05) is 11.4 Å². The molecule has 1 N–H and O–H groups in total. The fraction of sp³-hybridized carbons (Fsp3) is 0.462. The van der Waals surface area contributed by atoms with Gasteiger partial charge in [-0.3, -0.25) is 29.1 Å². The number of benzene rings is 1. The second-order valence-electron chi connectivity index (χ2n) is 10.8. The molecule has 2 heterocycles. The fourth-order valence-electron chi connectivity index (χ4n) is 5.30. The van der Waals surface area contributed by atoms with Crippen molar-refractivity contribution < 1.29 is 60.1 Å². The summed E-state index contributed by atoms with van der Waals surface area (Å²) in [6.45, 7) is -0.780. The van der Waals surface area contributed by atoms with Crippen LogP contribution < -0.4 is 10.2 Å². The maximum absolute atomic E-state index is 14.3. The smallest absolute Gasteiger partial charge is 0.351 e. The molecule has 3 unspecified atom stereocenters. The molecule has 2 aromatic rings. The van der Waals surface area contributed by atoms with Gasteiger partial charge in [0.1, 0.15) is 22.8 Å². The summed E-state index contributed by atoms with van der Waals surface area (Å²) in [5.41, 5.74) is -1.12. The zero-order valence-electron chi connectivity index (χ0n) is 23.2.